The Kier molecular flexibility index (Phi) is 4.02. The number of alkyl halides is 3. The van der Waals surface area contributed by atoms with Crippen LogP contribution in [0.3, 0.4) is 0 Å². The molecule has 25 heavy (non-hydrogen) atoms. The maximum atomic E-state index is 13.2. The zero-order valence-electron chi connectivity index (χ0n) is 13.6. The normalized spacial score (nSPS) is 12.0. The van der Waals surface area contributed by atoms with E-state index < -0.39 is 17.6 Å². The van der Waals surface area contributed by atoms with Crippen LogP contribution in [0.5, 0.6) is 0 Å². The molecule has 0 unspecified atom stereocenters. The van der Waals surface area contributed by atoms with Crippen molar-refractivity contribution in [2.45, 2.75) is 33.0 Å². The summed E-state index contributed by atoms with van der Waals surface area (Å²) < 4.78 is 41.3. The molecule has 3 N–H and O–H groups in total. The molecule has 132 valence electrons. The van der Waals surface area contributed by atoms with Gasteiger partial charge in [0.05, 0.1) is 23.0 Å². The Morgan fingerprint density at radius 1 is 1.32 bits per heavy atom. The lowest BCUT2D eigenvalue weighted by Crippen LogP contribution is -2.15. The quantitative estimate of drug-likeness (QED) is 0.757. The van der Waals surface area contributed by atoms with Gasteiger partial charge in [-0.05, 0) is 31.5 Å². The van der Waals surface area contributed by atoms with Crippen molar-refractivity contribution in [3.8, 4) is 11.1 Å². The van der Waals surface area contributed by atoms with Crippen LogP contribution >= 0.6 is 0 Å². The molecule has 0 aliphatic rings. The van der Waals surface area contributed by atoms with Crippen molar-refractivity contribution in [1.82, 2.24) is 20.0 Å². The van der Waals surface area contributed by atoms with E-state index in [1.54, 1.807) is 18.5 Å². The van der Waals surface area contributed by atoms with Crippen LogP contribution in [0, 0.1) is 13.8 Å². The molecule has 1 aromatic carbocycles. The third kappa shape index (κ3) is 3.09. The number of carbonyl (C=O) groups excluding carboxylic acids is 1. The molecule has 6 nitrogen and oxygen atoms in total. The number of nitrogens with zero attached hydrogens (tertiary/aromatic N) is 3. The number of benzene rings is 1. The third-order valence-corrected chi connectivity index (χ3v) is 4.11. The second-order valence-electron chi connectivity index (χ2n) is 5.84. The summed E-state index contributed by atoms with van der Waals surface area (Å²) in [6.07, 6.45) is -2.88. The molecule has 0 spiro atoms. The average Bonchev–Trinajstić information content (AvgIpc) is 3.08. The topological polar surface area (TPSA) is 89.6 Å². The number of rotatable bonds is 4. The predicted octanol–water partition coefficient (Wildman–Crippen LogP) is 2.94. The van der Waals surface area contributed by atoms with Crippen molar-refractivity contribution in [2.75, 3.05) is 0 Å². The maximum Gasteiger partial charge on any atom is 0.416 e. The standard InChI is InChI=1S/C16H16F3N5O/c1-8-15(9(2)24(23-8)4-3-14(20)25)11-5-10(16(17,18)19)6-13-12(11)7-21-22-13/h5-7H,3-4H2,1-2H3,(H2,20,25)(H,21,22). The smallest absolute Gasteiger partial charge is 0.370 e. The first kappa shape index (κ1) is 17.0. The fraction of sp³-hybridized carbons (Fsp3) is 0.312. The van der Waals surface area contributed by atoms with Crippen LogP contribution < -0.4 is 5.73 Å². The highest BCUT2D eigenvalue weighted by atomic mass is 19.4. The third-order valence-electron chi connectivity index (χ3n) is 4.11. The van der Waals surface area contributed by atoms with E-state index >= 15 is 0 Å². The van der Waals surface area contributed by atoms with Gasteiger partial charge in [-0.1, -0.05) is 0 Å². The summed E-state index contributed by atoms with van der Waals surface area (Å²) in [7, 11) is 0. The second-order valence-corrected chi connectivity index (χ2v) is 5.84. The van der Waals surface area contributed by atoms with Crippen molar-refractivity contribution in [3.05, 3.63) is 35.3 Å². The summed E-state index contributed by atoms with van der Waals surface area (Å²) in [6, 6.07) is 2.14. The van der Waals surface area contributed by atoms with Gasteiger partial charge in [-0.15, -0.1) is 0 Å². The van der Waals surface area contributed by atoms with Gasteiger partial charge in [-0.25, -0.2) is 0 Å². The van der Waals surface area contributed by atoms with Gasteiger partial charge in [0, 0.05) is 29.6 Å². The number of hydrogen-bond acceptors (Lipinski definition) is 3. The number of fused-ring (bicyclic) bond motifs is 1. The van der Waals surface area contributed by atoms with Crippen LogP contribution in [0.2, 0.25) is 0 Å². The first-order valence-corrected chi connectivity index (χ1v) is 7.55. The highest BCUT2D eigenvalue weighted by molar-refractivity contribution is 5.96. The Balaban J connectivity index is 2.19. The molecule has 9 heteroatoms. The van der Waals surface area contributed by atoms with Gasteiger partial charge in [0.25, 0.3) is 0 Å². The van der Waals surface area contributed by atoms with Gasteiger partial charge < -0.3 is 5.73 Å². The monoisotopic (exact) mass is 351 g/mol. The molecule has 0 fully saturated rings. The van der Waals surface area contributed by atoms with Crippen LogP contribution in [0.15, 0.2) is 18.3 Å². The van der Waals surface area contributed by atoms with Crippen molar-refractivity contribution < 1.29 is 18.0 Å². The Morgan fingerprint density at radius 3 is 2.68 bits per heavy atom. The minimum Gasteiger partial charge on any atom is -0.370 e. The van der Waals surface area contributed by atoms with Crippen LogP contribution in [0.25, 0.3) is 22.0 Å². The Bertz CT molecular complexity index is 955. The number of aromatic amines is 1. The molecule has 0 saturated heterocycles. The number of H-pyrrole nitrogens is 1. The molecule has 0 atom stereocenters. The molecule has 2 aromatic heterocycles. The number of hydrogen-bond donors (Lipinski definition) is 2. The molecule has 0 radical (unpaired) electrons. The summed E-state index contributed by atoms with van der Waals surface area (Å²) in [5.41, 5.74) is 6.94. The summed E-state index contributed by atoms with van der Waals surface area (Å²) in [5.74, 6) is -0.467. The number of halogens is 3. The SMILES string of the molecule is Cc1nn(CCC(N)=O)c(C)c1-c1cc(C(F)(F)F)cc2[nH]ncc12. The highest BCUT2D eigenvalue weighted by Gasteiger charge is 2.32. The van der Waals surface area contributed by atoms with Crippen LogP contribution in [-0.2, 0) is 17.5 Å². The molecule has 0 saturated carbocycles. The van der Waals surface area contributed by atoms with Gasteiger partial charge in [0.15, 0.2) is 0 Å². The van der Waals surface area contributed by atoms with Crippen molar-refractivity contribution in [3.63, 3.8) is 0 Å². The summed E-state index contributed by atoms with van der Waals surface area (Å²) >= 11 is 0. The Labute approximate surface area is 140 Å². The lowest BCUT2D eigenvalue weighted by atomic mass is 9.97. The van der Waals surface area contributed by atoms with E-state index in [1.807, 2.05) is 0 Å². The Hall–Kier alpha value is -2.84. The molecule has 0 aliphatic heterocycles. The lowest BCUT2D eigenvalue weighted by molar-refractivity contribution is -0.137. The summed E-state index contributed by atoms with van der Waals surface area (Å²) in [6.45, 7) is 3.74. The molecule has 2 heterocycles. The molecular weight excluding hydrogens is 335 g/mol. The van der Waals surface area contributed by atoms with E-state index in [9.17, 15) is 18.0 Å². The fourth-order valence-corrected chi connectivity index (χ4v) is 2.94. The highest BCUT2D eigenvalue weighted by Crippen LogP contribution is 2.38. The number of aromatic nitrogens is 4. The Morgan fingerprint density at radius 2 is 2.04 bits per heavy atom. The van der Waals surface area contributed by atoms with E-state index in [1.165, 1.54) is 6.20 Å². The van der Waals surface area contributed by atoms with Gasteiger partial charge in [-0.3, -0.25) is 14.6 Å². The summed E-state index contributed by atoms with van der Waals surface area (Å²) in [4.78, 5) is 11.0. The van der Waals surface area contributed by atoms with E-state index in [0.717, 1.165) is 12.1 Å². The van der Waals surface area contributed by atoms with Gasteiger partial charge >= 0.3 is 6.18 Å². The lowest BCUT2D eigenvalue weighted by Gasteiger charge is -2.11. The second kappa shape index (κ2) is 5.91. The van der Waals surface area contributed by atoms with E-state index in [2.05, 4.69) is 15.3 Å². The largest absolute Gasteiger partial charge is 0.416 e. The minimum absolute atomic E-state index is 0.102. The van der Waals surface area contributed by atoms with Crippen LogP contribution in [0.1, 0.15) is 23.4 Å². The van der Waals surface area contributed by atoms with Crippen LogP contribution in [-0.4, -0.2) is 25.9 Å². The molecule has 3 aromatic rings. The number of amides is 1. The first-order chi connectivity index (χ1) is 11.7. The maximum absolute atomic E-state index is 13.2. The van der Waals surface area contributed by atoms with E-state index in [4.69, 9.17) is 5.73 Å². The van der Waals surface area contributed by atoms with Gasteiger partial charge in [0.1, 0.15) is 0 Å². The zero-order chi connectivity index (χ0) is 18.4. The van der Waals surface area contributed by atoms with Gasteiger partial charge in [0.2, 0.25) is 5.91 Å². The number of carbonyl (C=O) groups is 1. The number of primary amides is 1. The van der Waals surface area contributed by atoms with Crippen molar-refractivity contribution >= 4 is 16.8 Å². The van der Waals surface area contributed by atoms with Crippen molar-refractivity contribution in [2.24, 2.45) is 5.73 Å². The van der Waals surface area contributed by atoms with Crippen LogP contribution in [0.4, 0.5) is 13.2 Å². The fourth-order valence-electron chi connectivity index (χ4n) is 2.94. The average molecular weight is 351 g/mol. The minimum atomic E-state index is -4.47. The summed E-state index contributed by atoms with van der Waals surface area (Å²) in [5, 5.41) is 11.4. The molecule has 0 aliphatic carbocycles. The van der Waals surface area contributed by atoms with E-state index in [0.29, 0.717) is 33.4 Å². The predicted molar refractivity (Wildman–Crippen MR) is 85.6 cm³/mol. The first-order valence-electron chi connectivity index (χ1n) is 7.55. The molecule has 0 bridgehead atoms. The zero-order valence-corrected chi connectivity index (χ0v) is 13.6. The van der Waals surface area contributed by atoms with Crippen molar-refractivity contribution in [1.29, 1.82) is 0 Å². The molecule has 3 rings (SSSR count). The van der Waals surface area contributed by atoms with Gasteiger partial charge in [-0.2, -0.15) is 23.4 Å². The van der Waals surface area contributed by atoms with E-state index in [-0.39, 0.29) is 13.0 Å². The molecular formula is C16H16F3N5O. The number of nitrogens with one attached hydrogen (secondary N) is 1. The molecule has 1 amide bonds. The number of nitrogens with two attached hydrogens (primary N) is 1. The number of aryl methyl sites for hydroxylation is 2.